The summed E-state index contributed by atoms with van der Waals surface area (Å²) in [7, 11) is 2.19. The summed E-state index contributed by atoms with van der Waals surface area (Å²) in [5, 5.41) is 1.26. The lowest BCUT2D eigenvalue weighted by Crippen LogP contribution is -2.39. The Morgan fingerprint density at radius 1 is 1.28 bits per heavy atom. The molecule has 0 aliphatic carbocycles. The first-order chi connectivity index (χ1) is 8.75. The largest absolute Gasteiger partial charge is 0.328 e. The van der Waals surface area contributed by atoms with Crippen molar-refractivity contribution in [3.05, 3.63) is 42.1 Å². The van der Waals surface area contributed by atoms with Gasteiger partial charge in [0.1, 0.15) is 0 Å². The van der Waals surface area contributed by atoms with Crippen molar-refractivity contribution in [2.75, 3.05) is 13.6 Å². The van der Waals surface area contributed by atoms with Gasteiger partial charge in [0.15, 0.2) is 0 Å². The average molecular weight is 241 g/mol. The molecule has 3 heteroatoms. The number of hydrogen-bond donors (Lipinski definition) is 1. The van der Waals surface area contributed by atoms with Gasteiger partial charge < -0.3 is 5.73 Å². The second-order valence-corrected chi connectivity index (χ2v) is 5.20. The standard InChI is InChI=1S/C15H19N3/c1-18-9-7-11(16)10-15(18)13-6-8-17-14-5-3-2-4-12(13)14/h2-6,8,11,15H,7,9-10,16H2,1H3. The molecule has 1 aromatic carbocycles. The molecule has 0 bridgehead atoms. The number of pyridine rings is 1. The highest BCUT2D eigenvalue weighted by molar-refractivity contribution is 5.82. The molecule has 1 aliphatic heterocycles. The van der Waals surface area contributed by atoms with Gasteiger partial charge in [0.05, 0.1) is 5.52 Å². The molecule has 2 aromatic rings. The van der Waals surface area contributed by atoms with Crippen molar-refractivity contribution in [2.45, 2.75) is 24.9 Å². The molecular formula is C15H19N3. The molecular weight excluding hydrogens is 222 g/mol. The molecule has 94 valence electrons. The van der Waals surface area contributed by atoms with E-state index in [1.54, 1.807) is 0 Å². The summed E-state index contributed by atoms with van der Waals surface area (Å²) in [6, 6.07) is 11.2. The highest BCUT2D eigenvalue weighted by atomic mass is 15.1. The van der Waals surface area contributed by atoms with Gasteiger partial charge in [-0.25, -0.2) is 0 Å². The van der Waals surface area contributed by atoms with Crippen LogP contribution in [0, 0.1) is 0 Å². The minimum Gasteiger partial charge on any atom is -0.328 e. The fourth-order valence-electron chi connectivity index (χ4n) is 2.88. The number of benzene rings is 1. The van der Waals surface area contributed by atoms with Gasteiger partial charge in [0, 0.05) is 23.7 Å². The molecule has 0 amide bonds. The Morgan fingerprint density at radius 3 is 3.00 bits per heavy atom. The number of hydrogen-bond acceptors (Lipinski definition) is 3. The summed E-state index contributed by atoms with van der Waals surface area (Å²) in [5.41, 5.74) is 8.56. The SMILES string of the molecule is CN1CCC(N)CC1c1ccnc2ccccc12. The van der Waals surface area contributed by atoms with Crippen LogP contribution in [0.15, 0.2) is 36.5 Å². The molecule has 2 heterocycles. The van der Waals surface area contributed by atoms with Gasteiger partial charge in [-0.3, -0.25) is 9.88 Å². The van der Waals surface area contributed by atoms with Crippen molar-refractivity contribution < 1.29 is 0 Å². The van der Waals surface area contributed by atoms with Gasteiger partial charge in [-0.2, -0.15) is 0 Å². The third-order valence-corrected chi connectivity index (χ3v) is 3.95. The zero-order valence-electron chi connectivity index (χ0n) is 10.7. The fourth-order valence-corrected chi connectivity index (χ4v) is 2.88. The Kier molecular flexibility index (Phi) is 3.02. The lowest BCUT2D eigenvalue weighted by molar-refractivity contribution is 0.172. The summed E-state index contributed by atoms with van der Waals surface area (Å²) in [4.78, 5) is 6.84. The molecule has 2 atom stereocenters. The zero-order chi connectivity index (χ0) is 12.5. The molecule has 0 saturated carbocycles. The van der Waals surface area contributed by atoms with Crippen LogP contribution in [0.25, 0.3) is 10.9 Å². The van der Waals surface area contributed by atoms with E-state index in [1.165, 1.54) is 10.9 Å². The van der Waals surface area contributed by atoms with E-state index in [1.807, 2.05) is 12.3 Å². The number of nitrogens with zero attached hydrogens (tertiary/aromatic N) is 2. The van der Waals surface area contributed by atoms with Gasteiger partial charge in [-0.15, -0.1) is 0 Å². The Labute approximate surface area is 108 Å². The quantitative estimate of drug-likeness (QED) is 0.833. The predicted octanol–water partition coefficient (Wildman–Crippen LogP) is 2.33. The minimum atomic E-state index is 0.318. The van der Waals surface area contributed by atoms with Gasteiger partial charge in [-0.05, 0) is 44.1 Å². The number of piperidine rings is 1. The molecule has 2 unspecified atom stereocenters. The second kappa shape index (κ2) is 4.67. The first-order valence-electron chi connectivity index (χ1n) is 6.55. The van der Waals surface area contributed by atoms with E-state index in [2.05, 4.69) is 41.2 Å². The highest BCUT2D eigenvalue weighted by Crippen LogP contribution is 2.32. The van der Waals surface area contributed by atoms with Crippen LogP contribution in [0.1, 0.15) is 24.4 Å². The van der Waals surface area contributed by atoms with Crippen LogP contribution in [0.5, 0.6) is 0 Å². The molecule has 1 fully saturated rings. The number of likely N-dealkylation sites (tertiary alicyclic amines) is 1. The molecule has 3 nitrogen and oxygen atoms in total. The Morgan fingerprint density at radius 2 is 2.11 bits per heavy atom. The molecule has 1 aromatic heterocycles. The van der Waals surface area contributed by atoms with Crippen molar-refractivity contribution in [3.63, 3.8) is 0 Å². The maximum atomic E-state index is 6.13. The molecule has 3 rings (SSSR count). The van der Waals surface area contributed by atoms with E-state index in [4.69, 9.17) is 5.73 Å². The van der Waals surface area contributed by atoms with Crippen LogP contribution < -0.4 is 5.73 Å². The molecule has 0 radical (unpaired) electrons. The van der Waals surface area contributed by atoms with Gasteiger partial charge in [0.25, 0.3) is 0 Å². The first-order valence-corrected chi connectivity index (χ1v) is 6.55. The number of rotatable bonds is 1. The predicted molar refractivity (Wildman–Crippen MR) is 74.3 cm³/mol. The zero-order valence-corrected chi connectivity index (χ0v) is 10.7. The Hall–Kier alpha value is -1.45. The van der Waals surface area contributed by atoms with Crippen LogP contribution in [0.4, 0.5) is 0 Å². The number of para-hydroxylation sites is 1. The van der Waals surface area contributed by atoms with E-state index < -0.39 is 0 Å². The van der Waals surface area contributed by atoms with E-state index in [9.17, 15) is 0 Å². The number of fused-ring (bicyclic) bond motifs is 1. The molecule has 1 saturated heterocycles. The van der Waals surface area contributed by atoms with Crippen molar-refractivity contribution in [1.82, 2.24) is 9.88 Å². The number of aromatic nitrogens is 1. The Bertz CT molecular complexity index is 547. The third kappa shape index (κ3) is 2.00. The summed E-state index contributed by atoms with van der Waals surface area (Å²) in [5.74, 6) is 0. The summed E-state index contributed by atoms with van der Waals surface area (Å²) < 4.78 is 0. The maximum absolute atomic E-state index is 6.13. The maximum Gasteiger partial charge on any atom is 0.0705 e. The van der Waals surface area contributed by atoms with Gasteiger partial charge in [-0.1, -0.05) is 18.2 Å². The molecule has 18 heavy (non-hydrogen) atoms. The van der Waals surface area contributed by atoms with E-state index in [0.717, 1.165) is 24.9 Å². The average Bonchev–Trinajstić information content (AvgIpc) is 2.41. The van der Waals surface area contributed by atoms with Crippen LogP contribution >= 0.6 is 0 Å². The lowest BCUT2D eigenvalue weighted by Gasteiger charge is -2.36. The molecule has 1 aliphatic rings. The monoisotopic (exact) mass is 241 g/mol. The smallest absolute Gasteiger partial charge is 0.0705 e. The summed E-state index contributed by atoms with van der Waals surface area (Å²) in [6.07, 6.45) is 4.03. The van der Waals surface area contributed by atoms with E-state index >= 15 is 0 Å². The van der Waals surface area contributed by atoms with E-state index in [0.29, 0.717) is 12.1 Å². The van der Waals surface area contributed by atoms with Crippen LogP contribution in [0.3, 0.4) is 0 Å². The van der Waals surface area contributed by atoms with Gasteiger partial charge in [0.2, 0.25) is 0 Å². The first kappa shape index (κ1) is 11.6. The van der Waals surface area contributed by atoms with Crippen LogP contribution in [-0.2, 0) is 0 Å². The van der Waals surface area contributed by atoms with Crippen LogP contribution in [-0.4, -0.2) is 29.5 Å². The second-order valence-electron chi connectivity index (χ2n) is 5.20. The van der Waals surface area contributed by atoms with Crippen molar-refractivity contribution >= 4 is 10.9 Å². The normalized spacial score (nSPS) is 25.4. The number of nitrogens with two attached hydrogens (primary N) is 1. The van der Waals surface area contributed by atoms with Gasteiger partial charge >= 0.3 is 0 Å². The minimum absolute atomic E-state index is 0.318. The van der Waals surface area contributed by atoms with Crippen molar-refractivity contribution in [3.8, 4) is 0 Å². The summed E-state index contributed by atoms with van der Waals surface area (Å²) in [6.45, 7) is 1.07. The van der Waals surface area contributed by atoms with E-state index in [-0.39, 0.29) is 0 Å². The fraction of sp³-hybridized carbons (Fsp3) is 0.400. The summed E-state index contributed by atoms with van der Waals surface area (Å²) >= 11 is 0. The highest BCUT2D eigenvalue weighted by Gasteiger charge is 2.26. The van der Waals surface area contributed by atoms with Crippen molar-refractivity contribution in [2.24, 2.45) is 5.73 Å². The lowest BCUT2D eigenvalue weighted by atomic mass is 9.91. The molecule has 2 N–H and O–H groups in total. The van der Waals surface area contributed by atoms with Crippen molar-refractivity contribution in [1.29, 1.82) is 0 Å². The topological polar surface area (TPSA) is 42.1 Å². The van der Waals surface area contributed by atoms with Crippen LogP contribution in [0.2, 0.25) is 0 Å². The third-order valence-electron chi connectivity index (χ3n) is 3.95. The Balaban J connectivity index is 2.07. The molecule has 0 spiro atoms.